The fourth-order valence-corrected chi connectivity index (χ4v) is 5.01. The highest BCUT2D eigenvalue weighted by molar-refractivity contribution is 7.91. The van der Waals surface area contributed by atoms with Crippen LogP contribution >= 0.6 is 22.9 Å². The van der Waals surface area contributed by atoms with Gasteiger partial charge in [-0.05, 0) is 33.8 Å². The van der Waals surface area contributed by atoms with E-state index in [9.17, 15) is 8.42 Å². The first-order chi connectivity index (χ1) is 9.20. The number of halogens is 1. The van der Waals surface area contributed by atoms with Crippen molar-refractivity contribution in [2.24, 2.45) is 0 Å². The second-order valence-electron chi connectivity index (χ2n) is 4.55. The molecule has 0 aliphatic rings. The summed E-state index contributed by atoms with van der Waals surface area (Å²) in [6.45, 7) is 7.02. The Balaban J connectivity index is 2.29. The maximum Gasteiger partial charge on any atom is 0.252 e. The maximum absolute atomic E-state index is 12.3. The fraction of sp³-hybridized carbons (Fsp3) is 0.417. The molecule has 5 nitrogen and oxygen atoms in total. The number of furan rings is 1. The Labute approximate surface area is 127 Å². The monoisotopic (exact) mass is 334 g/mol. The third-order valence-corrected chi connectivity index (χ3v) is 6.26. The molecule has 8 heteroatoms. The molecule has 0 aliphatic carbocycles. The molecule has 2 rings (SSSR count). The van der Waals surface area contributed by atoms with Crippen LogP contribution in [0.15, 0.2) is 14.7 Å². The number of rotatable bonds is 4. The molecule has 110 valence electrons. The van der Waals surface area contributed by atoms with Gasteiger partial charge in [-0.2, -0.15) is 0 Å². The van der Waals surface area contributed by atoms with Crippen LogP contribution in [0.3, 0.4) is 0 Å². The van der Waals surface area contributed by atoms with Crippen molar-refractivity contribution in [3.8, 4) is 0 Å². The van der Waals surface area contributed by atoms with Crippen molar-refractivity contribution in [1.29, 1.82) is 0 Å². The van der Waals surface area contributed by atoms with E-state index in [4.69, 9.17) is 16.0 Å². The zero-order valence-corrected chi connectivity index (χ0v) is 13.9. The lowest BCUT2D eigenvalue weighted by Gasteiger charge is -2.12. The predicted octanol–water partition coefficient (Wildman–Crippen LogP) is 3.35. The second-order valence-corrected chi connectivity index (χ2v) is 8.04. The van der Waals surface area contributed by atoms with Crippen LogP contribution in [0.2, 0.25) is 4.47 Å². The zero-order valence-electron chi connectivity index (χ0n) is 11.5. The van der Waals surface area contributed by atoms with Crippen LogP contribution in [0.4, 0.5) is 0 Å². The Morgan fingerprint density at radius 1 is 1.40 bits per heavy atom. The average Bonchev–Trinajstić information content (AvgIpc) is 2.81. The van der Waals surface area contributed by atoms with Crippen molar-refractivity contribution >= 4 is 33.0 Å². The van der Waals surface area contributed by atoms with Gasteiger partial charge in [-0.3, -0.25) is 0 Å². The van der Waals surface area contributed by atoms with Crippen molar-refractivity contribution in [1.82, 2.24) is 9.71 Å². The van der Waals surface area contributed by atoms with E-state index in [0.717, 1.165) is 22.7 Å². The summed E-state index contributed by atoms with van der Waals surface area (Å²) < 4.78 is 33.1. The van der Waals surface area contributed by atoms with Crippen molar-refractivity contribution in [3.63, 3.8) is 0 Å². The first-order valence-corrected chi connectivity index (χ1v) is 8.60. The van der Waals surface area contributed by atoms with Crippen molar-refractivity contribution in [3.05, 3.63) is 33.3 Å². The standard InChI is InChI=1S/C12H15ClN2O3S2/c1-6-5-10(9(4)18-6)7(2)15-20(16,17)11-8(3)14-12(13)19-11/h5,7,15H,1-4H3. The number of nitrogens with zero attached hydrogens (tertiary/aromatic N) is 1. The minimum Gasteiger partial charge on any atom is -0.466 e. The Kier molecular flexibility index (Phi) is 4.24. The first kappa shape index (κ1) is 15.5. The number of hydrogen-bond donors (Lipinski definition) is 1. The lowest BCUT2D eigenvalue weighted by molar-refractivity contribution is 0.496. The molecule has 1 unspecified atom stereocenters. The average molecular weight is 335 g/mol. The molecule has 0 spiro atoms. The topological polar surface area (TPSA) is 72.2 Å². The predicted molar refractivity (Wildman–Crippen MR) is 78.8 cm³/mol. The summed E-state index contributed by atoms with van der Waals surface area (Å²) in [5, 5.41) is 0. The van der Waals surface area contributed by atoms with Gasteiger partial charge in [0.2, 0.25) is 0 Å². The van der Waals surface area contributed by atoms with Gasteiger partial charge in [0.15, 0.2) is 8.68 Å². The van der Waals surface area contributed by atoms with Crippen molar-refractivity contribution in [2.45, 2.75) is 37.9 Å². The molecule has 0 aromatic carbocycles. The molecule has 0 fully saturated rings. The summed E-state index contributed by atoms with van der Waals surface area (Å²) in [5.41, 5.74) is 1.22. The molecular weight excluding hydrogens is 320 g/mol. The number of thiazole rings is 1. The van der Waals surface area contributed by atoms with Crippen LogP contribution in [-0.4, -0.2) is 13.4 Å². The summed E-state index contributed by atoms with van der Waals surface area (Å²) in [6, 6.07) is 1.44. The van der Waals surface area contributed by atoms with E-state index in [0.29, 0.717) is 11.5 Å². The second kappa shape index (κ2) is 5.48. The van der Waals surface area contributed by atoms with E-state index in [1.54, 1.807) is 13.8 Å². The summed E-state index contributed by atoms with van der Waals surface area (Å²) in [7, 11) is -3.65. The molecule has 1 N–H and O–H groups in total. The lowest BCUT2D eigenvalue weighted by Crippen LogP contribution is -2.26. The number of sulfonamides is 1. The van der Waals surface area contributed by atoms with E-state index in [1.165, 1.54) is 0 Å². The van der Waals surface area contributed by atoms with Crippen LogP contribution in [-0.2, 0) is 10.0 Å². The van der Waals surface area contributed by atoms with Gasteiger partial charge in [-0.1, -0.05) is 22.9 Å². The van der Waals surface area contributed by atoms with Gasteiger partial charge in [0.1, 0.15) is 11.5 Å². The molecule has 0 amide bonds. The molecule has 2 aromatic rings. The van der Waals surface area contributed by atoms with E-state index in [-0.39, 0.29) is 8.68 Å². The summed E-state index contributed by atoms with van der Waals surface area (Å²) in [4.78, 5) is 3.93. The largest absolute Gasteiger partial charge is 0.466 e. The molecule has 2 heterocycles. The number of nitrogens with one attached hydrogen (secondary N) is 1. The van der Waals surface area contributed by atoms with Crippen LogP contribution < -0.4 is 4.72 Å². The Hall–Kier alpha value is -0.890. The van der Waals surface area contributed by atoms with Crippen LogP contribution in [0.5, 0.6) is 0 Å². The Bertz CT molecular complexity index is 734. The molecular formula is C12H15ClN2O3S2. The smallest absolute Gasteiger partial charge is 0.252 e. The minimum atomic E-state index is -3.65. The summed E-state index contributed by atoms with van der Waals surface area (Å²) >= 11 is 6.70. The first-order valence-electron chi connectivity index (χ1n) is 5.93. The molecule has 0 bridgehead atoms. The van der Waals surface area contributed by atoms with E-state index in [2.05, 4.69) is 9.71 Å². The van der Waals surface area contributed by atoms with Crippen molar-refractivity contribution < 1.29 is 12.8 Å². The fourth-order valence-electron chi connectivity index (χ4n) is 2.03. The molecule has 0 saturated heterocycles. The van der Waals surface area contributed by atoms with Gasteiger partial charge in [0.05, 0.1) is 5.69 Å². The summed E-state index contributed by atoms with van der Waals surface area (Å²) in [6.07, 6.45) is 0. The van der Waals surface area contributed by atoms with E-state index in [1.807, 2.05) is 19.9 Å². The van der Waals surface area contributed by atoms with Crippen LogP contribution in [0, 0.1) is 20.8 Å². The molecule has 0 saturated carbocycles. The van der Waals surface area contributed by atoms with Gasteiger partial charge in [-0.15, -0.1) is 0 Å². The van der Waals surface area contributed by atoms with Gasteiger partial charge in [-0.25, -0.2) is 18.1 Å². The van der Waals surface area contributed by atoms with Gasteiger partial charge < -0.3 is 4.42 Å². The zero-order chi connectivity index (χ0) is 15.1. The third kappa shape index (κ3) is 3.06. The number of aryl methyl sites for hydroxylation is 3. The highest BCUT2D eigenvalue weighted by atomic mass is 35.5. The molecule has 20 heavy (non-hydrogen) atoms. The Morgan fingerprint density at radius 2 is 2.05 bits per heavy atom. The number of hydrogen-bond acceptors (Lipinski definition) is 5. The number of aromatic nitrogens is 1. The molecule has 1 atom stereocenters. The van der Waals surface area contributed by atoms with Crippen LogP contribution in [0.1, 0.15) is 35.7 Å². The van der Waals surface area contributed by atoms with E-state index >= 15 is 0 Å². The van der Waals surface area contributed by atoms with E-state index < -0.39 is 16.1 Å². The van der Waals surface area contributed by atoms with Gasteiger partial charge in [0.25, 0.3) is 10.0 Å². The third-order valence-electron chi connectivity index (χ3n) is 2.85. The minimum absolute atomic E-state index is 0.146. The lowest BCUT2D eigenvalue weighted by atomic mass is 10.1. The summed E-state index contributed by atoms with van der Waals surface area (Å²) in [5.74, 6) is 1.46. The molecule has 2 aromatic heterocycles. The highest BCUT2D eigenvalue weighted by Crippen LogP contribution is 2.29. The maximum atomic E-state index is 12.3. The SMILES string of the molecule is Cc1cc(C(C)NS(=O)(=O)c2sc(Cl)nc2C)c(C)o1. The van der Waals surface area contributed by atoms with Gasteiger partial charge in [0, 0.05) is 11.6 Å². The highest BCUT2D eigenvalue weighted by Gasteiger charge is 2.25. The van der Waals surface area contributed by atoms with Crippen molar-refractivity contribution in [2.75, 3.05) is 0 Å². The molecule has 0 radical (unpaired) electrons. The van der Waals surface area contributed by atoms with Crippen LogP contribution in [0.25, 0.3) is 0 Å². The normalized spacial score (nSPS) is 13.7. The molecule has 0 aliphatic heterocycles. The Morgan fingerprint density at radius 3 is 2.50 bits per heavy atom. The van der Waals surface area contributed by atoms with Gasteiger partial charge >= 0.3 is 0 Å². The quantitative estimate of drug-likeness (QED) is 0.930.